The Balaban J connectivity index is 2.24. The fourth-order valence-corrected chi connectivity index (χ4v) is 1.94. The van der Waals surface area contributed by atoms with Crippen molar-refractivity contribution in [3.63, 3.8) is 0 Å². The van der Waals surface area contributed by atoms with E-state index in [0.29, 0.717) is 5.56 Å². The third kappa shape index (κ3) is 2.86. The Labute approximate surface area is 122 Å². The molecular weight excluding hydrogens is 278 g/mol. The van der Waals surface area contributed by atoms with Gasteiger partial charge in [0.1, 0.15) is 11.5 Å². The van der Waals surface area contributed by atoms with Gasteiger partial charge in [0.25, 0.3) is 5.91 Å². The summed E-state index contributed by atoms with van der Waals surface area (Å²) in [7, 11) is 3.26. The highest BCUT2D eigenvalue weighted by atomic mass is 35.5. The van der Waals surface area contributed by atoms with Gasteiger partial charge in [-0.2, -0.15) is 0 Å². The van der Waals surface area contributed by atoms with Crippen LogP contribution in [0.1, 0.15) is 10.4 Å². The normalized spacial score (nSPS) is 10.2. The standard InChI is InChI=1S/C15H14ClNO3/c1-17(11-4-6-12(20-2)7-5-11)15(19)10-3-8-14(18)13(16)9-10/h3-9,18H,1-2H3. The van der Waals surface area contributed by atoms with E-state index in [2.05, 4.69) is 0 Å². The quantitative estimate of drug-likeness (QED) is 0.943. The first-order valence-electron chi connectivity index (χ1n) is 5.93. The van der Waals surface area contributed by atoms with E-state index in [1.165, 1.54) is 23.1 Å². The minimum atomic E-state index is -0.211. The molecule has 104 valence electrons. The molecule has 20 heavy (non-hydrogen) atoms. The highest BCUT2D eigenvalue weighted by Crippen LogP contribution is 2.25. The zero-order valence-corrected chi connectivity index (χ0v) is 11.9. The molecule has 0 spiro atoms. The lowest BCUT2D eigenvalue weighted by molar-refractivity contribution is 0.0993. The molecule has 2 aromatic carbocycles. The van der Waals surface area contributed by atoms with Crippen LogP contribution in [0.3, 0.4) is 0 Å². The van der Waals surface area contributed by atoms with E-state index in [1.54, 1.807) is 38.4 Å². The third-order valence-corrected chi connectivity index (χ3v) is 3.26. The van der Waals surface area contributed by atoms with Crippen molar-refractivity contribution in [3.05, 3.63) is 53.1 Å². The number of ether oxygens (including phenoxy) is 1. The molecule has 0 saturated heterocycles. The number of aromatic hydroxyl groups is 1. The van der Waals surface area contributed by atoms with Crippen LogP contribution in [0.5, 0.6) is 11.5 Å². The maximum Gasteiger partial charge on any atom is 0.258 e. The molecule has 0 aromatic heterocycles. The molecule has 4 nitrogen and oxygen atoms in total. The lowest BCUT2D eigenvalue weighted by Gasteiger charge is -2.18. The zero-order valence-electron chi connectivity index (χ0n) is 11.1. The Bertz CT molecular complexity index is 626. The summed E-state index contributed by atoms with van der Waals surface area (Å²) >= 11 is 5.81. The Hall–Kier alpha value is -2.20. The number of phenolic OH excluding ortho intramolecular Hbond substituents is 1. The average molecular weight is 292 g/mol. The van der Waals surface area contributed by atoms with Gasteiger partial charge in [0.2, 0.25) is 0 Å². The highest BCUT2D eigenvalue weighted by molar-refractivity contribution is 6.32. The van der Waals surface area contributed by atoms with Gasteiger partial charge in [0, 0.05) is 18.3 Å². The highest BCUT2D eigenvalue weighted by Gasteiger charge is 2.14. The van der Waals surface area contributed by atoms with Gasteiger partial charge in [-0.3, -0.25) is 4.79 Å². The predicted octanol–water partition coefficient (Wildman–Crippen LogP) is 3.33. The van der Waals surface area contributed by atoms with E-state index in [9.17, 15) is 9.90 Å². The summed E-state index contributed by atoms with van der Waals surface area (Å²) in [5.41, 5.74) is 1.14. The Morgan fingerprint density at radius 1 is 1.20 bits per heavy atom. The van der Waals surface area contributed by atoms with Gasteiger partial charge in [-0.1, -0.05) is 11.6 Å². The molecule has 0 saturated carbocycles. The van der Waals surface area contributed by atoms with Crippen molar-refractivity contribution in [2.75, 3.05) is 19.1 Å². The number of halogens is 1. The van der Waals surface area contributed by atoms with Gasteiger partial charge < -0.3 is 14.7 Å². The van der Waals surface area contributed by atoms with Crippen LogP contribution in [0.4, 0.5) is 5.69 Å². The predicted molar refractivity (Wildman–Crippen MR) is 78.8 cm³/mol. The van der Waals surface area contributed by atoms with Crippen LogP contribution in [-0.2, 0) is 0 Å². The van der Waals surface area contributed by atoms with Crippen LogP contribution in [0.25, 0.3) is 0 Å². The number of benzene rings is 2. The summed E-state index contributed by atoms with van der Waals surface area (Å²) in [5, 5.41) is 9.52. The molecule has 5 heteroatoms. The second-order valence-corrected chi connectivity index (χ2v) is 4.64. The molecule has 0 aliphatic rings. The smallest absolute Gasteiger partial charge is 0.258 e. The van der Waals surface area contributed by atoms with Crippen molar-refractivity contribution in [1.82, 2.24) is 0 Å². The maximum absolute atomic E-state index is 12.3. The lowest BCUT2D eigenvalue weighted by Crippen LogP contribution is -2.26. The summed E-state index contributed by atoms with van der Waals surface area (Å²) in [6.07, 6.45) is 0. The monoisotopic (exact) mass is 291 g/mol. The summed E-state index contributed by atoms with van der Waals surface area (Å²) in [5.74, 6) is 0.467. The molecule has 2 aromatic rings. The fraction of sp³-hybridized carbons (Fsp3) is 0.133. The minimum absolute atomic E-state index is 0.0460. The van der Waals surface area contributed by atoms with Crippen molar-refractivity contribution in [3.8, 4) is 11.5 Å². The Kier molecular flexibility index (Phi) is 4.15. The lowest BCUT2D eigenvalue weighted by atomic mass is 10.2. The molecule has 0 fully saturated rings. The summed E-state index contributed by atoms with van der Waals surface area (Å²) in [4.78, 5) is 13.8. The molecule has 0 aliphatic heterocycles. The molecule has 0 unspecified atom stereocenters. The van der Waals surface area contributed by atoms with Crippen molar-refractivity contribution in [1.29, 1.82) is 0 Å². The van der Waals surface area contributed by atoms with Crippen LogP contribution in [-0.4, -0.2) is 25.2 Å². The van der Waals surface area contributed by atoms with Gasteiger partial charge >= 0.3 is 0 Å². The number of carbonyl (C=O) groups excluding carboxylic acids is 1. The number of amides is 1. The second kappa shape index (κ2) is 5.84. The van der Waals surface area contributed by atoms with Crippen LogP contribution < -0.4 is 9.64 Å². The van der Waals surface area contributed by atoms with Crippen molar-refractivity contribution < 1.29 is 14.6 Å². The van der Waals surface area contributed by atoms with Gasteiger partial charge in [-0.15, -0.1) is 0 Å². The average Bonchev–Trinajstić information content (AvgIpc) is 2.48. The molecule has 2 rings (SSSR count). The molecule has 0 atom stereocenters. The number of phenols is 1. The molecular formula is C15H14ClNO3. The molecule has 1 N–H and O–H groups in total. The number of anilines is 1. The molecule has 0 heterocycles. The first-order chi connectivity index (χ1) is 9.52. The van der Waals surface area contributed by atoms with Gasteiger partial charge in [-0.05, 0) is 42.5 Å². The largest absolute Gasteiger partial charge is 0.506 e. The van der Waals surface area contributed by atoms with E-state index >= 15 is 0 Å². The van der Waals surface area contributed by atoms with Gasteiger partial charge in [0.15, 0.2) is 0 Å². The molecule has 0 aliphatic carbocycles. The van der Waals surface area contributed by atoms with E-state index < -0.39 is 0 Å². The van der Waals surface area contributed by atoms with E-state index in [-0.39, 0.29) is 16.7 Å². The first kappa shape index (κ1) is 14.2. The van der Waals surface area contributed by atoms with Crippen LogP contribution in [0.15, 0.2) is 42.5 Å². The number of methoxy groups -OCH3 is 1. The van der Waals surface area contributed by atoms with E-state index in [4.69, 9.17) is 16.3 Å². The van der Waals surface area contributed by atoms with Crippen LogP contribution in [0.2, 0.25) is 5.02 Å². The van der Waals surface area contributed by atoms with Gasteiger partial charge in [-0.25, -0.2) is 0 Å². The van der Waals surface area contributed by atoms with Crippen LogP contribution >= 0.6 is 11.6 Å². The molecule has 0 radical (unpaired) electrons. The summed E-state index contributed by atoms with van der Waals surface area (Å²) in [6, 6.07) is 11.5. The van der Waals surface area contributed by atoms with E-state index in [1.807, 2.05) is 0 Å². The summed E-state index contributed by atoms with van der Waals surface area (Å²) in [6.45, 7) is 0. The number of carbonyl (C=O) groups is 1. The Morgan fingerprint density at radius 2 is 1.85 bits per heavy atom. The number of rotatable bonds is 3. The van der Waals surface area contributed by atoms with Gasteiger partial charge in [0.05, 0.1) is 12.1 Å². The van der Waals surface area contributed by atoms with Crippen molar-refractivity contribution in [2.45, 2.75) is 0 Å². The van der Waals surface area contributed by atoms with Crippen LogP contribution in [0, 0.1) is 0 Å². The maximum atomic E-state index is 12.3. The second-order valence-electron chi connectivity index (χ2n) is 4.23. The summed E-state index contributed by atoms with van der Waals surface area (Å²) < 4.78 is 5.07. The number of hydrogen-bond acceptors (Lipinski definition) is 3. The fourth-order valence-electron chi connectivity index (χ4n) is 1.76. The third-order valence-electron chi connectivity index (χ3n) is 2.96. The number of nitrogens with zero attached hydrogens (tertiary/aromatic N) is 1. The molecule has 0 bridgehead atoms. The topological polar surface area (TPSA) is 49.8 Å². The Morgan fingerprint density at radius 3 is 2.40 bits per heavy atom. The molecule has 1 amide bonds. The number of hydrogen-bond donors (Lipinski definition) is 1. The van der Waals surface area contributed by atoms with Crippen molar-refractivity contribution in [2.24, 2.45) is 0 Å². The SMILES string of the molecule is COc1ccc(N(C)C(=O)c2ccc(O)c(Cl)c2)cc1. The minimum Gasteiger partial charge on any atom is -0.506 e. The first-order valence-corrected chi connectivity index (χ1v) is 6.31. The van der Waals surface area contributed by atoms with E-state index in [0.717, 1.165) is 11.4 Å². The van der Waals surface area contributed by atoms with Crippen molar-refractivity contribution >= 4 is 23.2 Å². The zero-order chi connectivity index (χ0) is 14.7.